The van der Waals surface area contributed by atoms with E-state index in [4.69, 9.17) is 16.7 Å². The molecule has 0 amide bonds. The summed E-state index contributed by atoms with van der Waals surface area (Å²) in [6, 6.07) is 4.07. The quantitative estimate of drug-likeness (QED) is 0.803. The number of aliphatic hydroxyl groups is 1. The number of benzene rings is 1. The Hall–Kier alpha value is -1.12. The first kappa shape index (κ1) is 10.4. The molecule has 0 bridgehead atoms. The molecule has 0 fully saturated rings. The molecule has 2 rings (SSSR count). The highest BCUT2D eigenvalue weighted by molar-refractivity contribution is 6.36. The molecule has 2 nitrogen and oxygen atoms in total. The predicted octanol–water partition coefficient (Wildman–Crippen LogP) is 3.00. The van der Waals surface area contributed by atoms with Crippen LogP contribution in [0.5, 0.6) is 0 Å². The molecule has 0 aliphatic rings. The van der Waals surface area contributed by atoms with Gasteiger partial charge < -0.3 is 5.11 Å². The molecule has 1 N–H and O–H groups in total. The van der Waals surface area contributed by atoms with Crippen molar-refractivity contribution >= 4 is 22.5 Å². The summed E-state index contributed by atoms with van der Waals surface area (Å²) in [4.78, 5) is 4.31. The number of halogens is 1. The van der Waals surface area contributed by atoms with E-state index in [0.717, 1.165) is 22.0 Å². The van der Waals surface area contributed by atoms with Crippen LogP contribution in [0.1, 0.15) is 16.7 Å². The molecule has 0 spiro atoms. The Morgan fingerprint density at radius 3 is 2.73 bits per heavy atom. The molecule has 0 unspecified atom stereocenters. The topological polar surface area (TPSA) is 33.1 Å². The number of pyridine rings is 1. The summed E-state index contributed by atoms with van der Waals surface area (Å²) in [5, 5.41) is 10.6. The first-order valence-electron chi connectivity index (χ1n) is 4.78. The van der Waals surface area contributed by atoms with Gasteiger partial charge in [0.25, 0.3) is 0 Å². The van der Waals surface area contributed by atoms with Crippen molar-refractivity contribution < 1.29 is 5.11 Å². The fraction of sp³-hybridized carbons (Fsp3) is 0.250. The second-order valence-corrected chi connectivity index (χ2v) is 4.11. The summed E-state index contributed by atoms with van der Waals surface area (Å²) in [7, 11) is 0. The Morgan fingerprint density at radius 2 is 2.07 bits per heavy atom. The van der Waals surface area contributed by atoms with Crippen LogP contribution < -0.4 is 0 Å². The largest absolute Gasteiger partial charge is 0.392 e. The van der Waals surface area contributed by atoms with Crippen LogP contribution in [0.3, 0.4) is 0 Å². The Morgan fingerprint density at radius 1 is 1.33 bits per heavy atom. The van der Waals surface area contributed by atoms with Crippen molar-refractivity contribution in [2.75, 3.05) is 0 Å². The second kappa shape index (κ2) is 3.80. The zero-order valence-electron chi connectivity index (χ0n) is 8.71. The number of hydrogen-bond donors (Lipinski definition) is 1. The fourth-order valence-electron chi connectivity index (χ4n) is 1.78. The molecule has 2 aromatic rings. The Bertz CT molecular complexity index is 523. The standard InChI is InChI=1S/C12H12ClNO/c1-7-3-8(2)12-10(4-7)11(13)9(6-15)5-14-12/h3-5,15H,6H2,1-2H3. The van der Waals surface area contributed by atoms with Gasteiger partial charge in [0.1, 0.15) is 0 Å². The number of fused-ring (bicyclic) bond motifs is 1. The van der Waals surface area contributed by atoms with Crippen LogP contribution in [0, 0.1) is 13.8 Å². The zero-order chi connectivity index (χ0) is 11.0. The maximum Gasteiger partial charge on any atom is 0.0746 e. The smallest absolute Gasteiger partial charge is 0.0746 e. The minimum atomic E-state index is -0.0746. The van der Waals surface area contributed by atoms with Gasteiger partial charge in [0.2, 0.25) is 0 Å². The van der Waals surface area contributed by atoms with Crippen molar-refractivity contribution in [3.05, 3.63) is 40.0 Å². The normalized spacial score (nSPS) is 10.9. The number of hydrogen-bond acceptors (Lipinski definition) is 2. The molecule has 1 heterocycles. The maximum absolute atomic E-state index is 9.09. The van der Waals surface area contributed by atoms with E-state index in [2.05, 4.69) is 11.1 Å². The third kappa shape index (κ3) is 1.71. The first-order chi connectivity index (χ1) is 7.13. The molecule has 0 aliphatic carbocycles. The lowest BCUT2D eigenvalue weighted by Crippen LogP contribution is -1.92. The summed E-state index contributed by atoms with van der Waals surface area (Å²) in [5.41, 5.74) is 3.84. The van der Waals surface area contributed by atoms with Crippen LogP contribution in [-0.2, 0) is 6.61 Å². The van der Waals surface area contributed by atoms with E-state index < -0.39 is 0 Å². The van der Waals surface area contributed by atoms with Gasteiger partial charge in [0.15, 0.2) is 0 Å². The van der Waals surface area contributed by atoms with Crippen LogP contribution in [0.15, 0.2) is 18.3 Å². The number of rotatable bonds is 1. The molecular formula is C12H12ClNO. The van der Waals surface area contributed by atoms with Crippen molar-refractivity contribution in [3.8, 4) is 0 Å². The lowest BCUT2D eigenvalue weighted by molar-refractivity contribution is 0.281. The van der Waals surface area contributed by atoms with Gasteiger partial charge in [-0.05, 0) is 25.5 Å². The van der Waals surface area contributed by atoms with E-state index in [0.29, 0.717) is 10.6 Å². The monoisotopic (exact) mass is 221 g/mol. The summed E-state index contributed by atoms with van der Waals surface area (Å²) >= 11 is 6.19. The summed E-state index contributed by atoms with van der Waals surface area (Å²) < 4.78 is 0. The maximum atomic E-state index is 9.09. The summed E-state index contributed by atoms with van der Waals surface area (Å²) in [6.45, 7) is 3.96. The second-order valence-electron chi connectivity index (χ2n) is 3.73. The van der Waals surface area contributed by atoms with E-state index in [1.54, 1.807) is 6.20 Å². The van der Waals surface area contributed by atoms with Crippen LogP contribution in [-0.4, -0.2) is 10.1 Å². The molecular weight excluding hydrogens is 210 g/mol. The lowest BCUT2D eigenvalue weighted by Gasteiger charge is -2.08. The number of aromatic nitrogens is 1. The van der Waals surface area contributed by atoms with Gasteiger partial charge in [-0.2, -0.15) is 0 Å². The highest BCUT2D eigenvalue weighted by Crippen LogP contribution is 2.28. The summed E-state index contributed by atoms with van der Waals surface area (Å²) in [6.07, 6.45) is 1.63. The molecule has 1 aromatic carbocycles. The zero-order valence-corrected chi connectivity index (χ0v) is 9.47. The highest BCUT2D eigenvalue weighted by Gasteiger charge is 2.08. The van der Waals surface area contributed by atoms with Gasteiger partial charge in [-0.15, -0.1) is 0 Å². The van der Waals surface area contributed by atoms with E-state index in [1.807, 2.05) is 19.9 Å². The first-order valence-corrected chi connectivity index (χ1v) is 5.16. The molecule has 78 valence electrons. The molecule has 0 saturated carbocycles. The van der Waals surface area contributed by atoms with E-state index >= 15 is 0 Å². The minimum absolute atomic E-state index is 0.0746. The Balaban J connectivity index is 2.86. The number of aliphatic hydroxyl groups excluding tert-OH is 1. The average molecular weight is 222 g/mol. The van der Waals surface area contributed by atoms with Crippen LogP contribution >= 0.6 is 11.6 Å². The number of nitrogens with zero attached hydrogens (tertiary/aromatic N) is 1. The highest BCUT2D eigenvalue weighted by atomic mass is 35.5. The van der Waals surface area contributed by atoms with Crippen molar-refractivity contribution in [1.82, 2.24) is 4.98 Å². The van der Waals surface area contributed by atoms with Gasteiger partial charge in [-0.25, -0.2) is 0 Å². The Labute approximate surface area is 93.5 Å². The molecule has 1 aromatic heterocycles. The van der Waals surface area contributed by atoms with E-state index in [-0.39, 0.29) is 6.61 Å². The van der Waals surface area contributed by atoms with Gasteiger partial charge in [-0.3, -0.25) is 4.98 Å². The van der Waals surface area contributed by atoms with E-state index in [1.165, 1.54) is 0 Å². The molecule has 15 heavy (non-hydrogen) atoms. The van der Waals surface area contributed by atoms with Gasteiger partial charge in [0, 0.05) is 17.1 Å². The molecule has 0 radical (unpaired) electrons. The van der Waals surface area contributed by atoms with Crippen LogP contribution in [0.4, 0.5) is 0 Å². The predicted molar refractivity (Wildman–Crippen MR) is 62.1 cm³/mol. The third-order valence-electron chi connectivity index (χ3n) is 2.48. The van der Waals surface area contributed by atoms with Crippen molar-refractivity contribution in [3.63, 3.8) is 0 Å². The Kier molecular flexibility index (Phi) is 2.63. The lowest BCUT2D eigenvalue weighted by atomic mass is 10.1. The van der Waals surface area contributed by atoms with E-state index in [9.17, 15) is 0 Å². The molecule has 0 saturated heterocycles. The van der Waals surface area contributed by atoms with Gasteiger partial charge in [0.05, 0.1) is 17.1 Å². The SMILES string of the molecule is Cc1cc(C)c2ncc(CO)c(Cl)c2c1. The van der Waals surface area contributed by atoms with Crippen molar-refractivity contribution in [2.45, 2.75) is 20.5 Å². The average Bonchev–Trinajstić information content (AvgIpc) is 2.19. The van der Waals surface area contributed by atoms with Crippen molar-refractivity contribution in [1.29, 1.82) is 0 Å². The fourth-order valence-corrected chi connectivity index (χ4v) is 2.03. The third-order valence-corrected chi connectivity index (χ3v) is 2.93. The van der Waals surface area contributed by atoms with Gasteiger partial charge in [-0.1, -0.05) is 23.2 Å². The molecule has 0 atom stereocenters. The number of aryl methyl sites for hydroxylation is 2. The van der Waals surface area contributed by atoms with Crippen molar-refractivity contribution in [2.24, 2.45) is 0 Å². The minimum Gasteiger partial charge on any atom is -0.392 e. The van der Waals surface area contributed by atoms with Crippen LogP contribution in [0.2, 0.25) is 5.02 Å². The van der Waals surface area contributed by atoms with Crippen LogP contribution in [0.25, 0.3) is 10.9 Å². The molecule has 0 aliphatic heterocycles. The molecule has 3 heteroatoms. The summed E-state index contributed by atoms with van der Waals surface area (Å²) in [5.74, 6) is 0. The van der Waals surface area contributed by atoms with Gasteiger partial charge >= 0.3 is 0 Å².